The van der Waals surface area contributed by atoms with Gasteiger partial charge < -0.3 is 10.5 Å². The van der Waals surface area contributed by atoms with Crippen LogP contribution in [0, 0.1) is 0 Å². The highest BCUT2D eigenvalue weighted by Crippen LogP contribution is 2.27. The van der Waals surface area contributed by atoms with E-state index < -0.39 is 5.91 Å². The van der Waals surface area contributed by atoms with Crippen LogP contribution in [0.2, 0.25) is 0 Å². The molecule has 0 saturated heterocycles. The Balaban J connectivity index is 2.24. The van der Waals surface area contributed by atoms with Gasteiger partial charge in [0.25, 0.3) is 5.91 Å². The Morgan fingerprint density at radius 3 is 2.53 bits per heavy atom. The van der Waals surface area contributed by atoms with E-state index in [1.807, 2.05) is 42.7 Å². The first kappa shape index (κ1) is 13.5. The summed E-state index contributed by atoms with van der Waals surface area (Å²) in [6, 6.07) is 15.9. The Bertz CT molecular complexity index is 584. The second-order valence-electron chi connectivity index (χ2n) is 4.01. The number of ether oxygens (including phenoxy) is 1. The predicted molar refractivity (Wildman–Crippen MR) is 78.3 cm³/mol. The van der Waals surface area contributed by atoms with Gasteiger partial charge in [-0.2, -0.15) is 0 Å². The fourth-order valence-corrected chi connectivity index (χ4v) is 2.18. The van der Waals surface area contributed by atoms with Gasteiger partial charge in [0, 0.05) is 4.90 Å². The lowest BCUT2D eigenvalue weighted by atomic mass is 10.1. The van der Waals surface area contributed by atoms with Crippen LogP contribution in [-0.2, 0) is 4.79 Å². The van der Waals surface area contributed by atoms with Gasteiger partial charge in [-0.05, 0) is 41.6 Å². The van der Waals surface area contributed by atoms with Gasteiger partial charge >= 0.3 is 0 Å². The lowest BCUT2D eigenvalue weighted by molar-refractivity contribution is -0.119. The Kier molecular flexibility index (Phi) is 4.47. The summed E-state index contributed by atoms with van der Waals surface area (Å²) >= 11 is 1.70. The lowest BCUT2D eigenvalue weighted by Gasteiger charge is -2.07. The highest BCUT2D eigenvalue weighted by Gasteiger charge is 2.02. The summed E-state index contributed by atoms with van der Waals surface area (Å²) in [7, 11) is 0. The molecule has 2 rings (SSSR count). The highest BCUT2D eigenvalue weighted by atomic mass is 32.2. The molecular weight excluding hydrogens is 258 g/mol. The fourth-order valence-electron chi connectivity index (χ4n) is 1.72. The van der Waals surface area contributed by atoms with E-state index in [4.69, 9.17) is 10.5 Å². The predicted octanol–water partition coefficient (Wildman–Crippen LogP) is 2.94. The van der Waals surface area contributed by atoms with E-state index in [-0.39, 0.29) is 6.61 Å². The van der Waals surface area contributed by atoms with Crippen LogP contribution in [0.3, 0.4) is 0 Å². The summed E-state index contributed by atoms with van der Waals surface area (Å²) in [6.07, 6.45) is 2.05. The first-order chi connectivity index (χ1) is 9.19. The molecule has 3 nitrogen and oxygen atoms in total. The largest absolute Gasteiger partial charge is 0.484 e. The van der Waals surface area contributed by atoms with Gasteiger partial charge in [0.05, 0.1) is 0 Å². The van der Waals surface area contributed by atoms with Crippen LogP contribution in [0.5, 0.6) is 5.75 Å². The fraction of sp³-hybridized carbons (Fsp3) is 0.133. The van der Waals surface area contributed by atoms with Crippen LogP contribution < -0.4 is 10.5 Å². The number of primary amides is 1. The average Bonchev–Trinajstić information content (AvgIpc) is 2.45. The number of amides is 1. The summed E-state index contributed by atoms with van der Waals surface area (Å²) in [5.41, 5.74) is 7.24. The van der Waals surface area contributed by atoms with E-state index in [0.717, 1.165) is 11.1 Å². The molecule has 0 fully saturated rings. The van der Waals surface area contributed by atoms with Crippen LogP contribution in [0.25, 0.3) is 11.1 Å². The lowest BCUT2D eigenvalue weighted by Crippen LogP contribution is -2.19. The number of nitrogens with two attached hydrogens (primary N) is 1. The van der Waals surface area contributed by atoms with Crippen molar-refractivity contribution in [2.45, 2.75) is 4.90 Å². The Hall–Kier alpha value is -1.94. The van der Waals surface area contributed by atoms with E-state index in [1.165, 1.54) is 4.90 Å². The van der Waals surface area contributed by atoms with Crippen molar-refractivity contribution in [3.63, 3.8) is 0 Å². The van der Waals surface area contributed by atoms with Crippen LogP contribution >= 0.6 is 11.8 Å². The Morgan fingerprint density at radius 2 is 1.84 bits per heavy atom. The normalized spacial score (nSPS) is 10.2. The van der Waals surface area contributed by atoms with Gasteiger partial charge in [-0.1, -0.05) is 24.3 Å². The van der Waals surface area contributed by atoms with Crippen molar-refractivity contribution in [2.75, 3.05) is 12.9 Å². The standard InChI is InChI=1S/C15H15NO2S/c1-19-14-7-3-5-12(9-14)11-4-2-6-13(8-11)18-10-15(16)17/h2-9H,10H2,1H3,(H2,16,17). The van der Waals surface area contributed by atoms with Gasteiger partial charge in [0.2, 0.25) is 0 Å². The molecule has 0 spiro atoms. The number of hydrogen-bond donors (Lipinski definition) is 1. The molecule has 0 heterocycles. The number of carbonyl (C=O) groups is 1. The van der Waals surface area contributed by atoms with Crippen molar-refractivity contribution in [3.8, 4) is 16.9 Å². The number of rotatable bonds is 5. The Labute approximate surface area is 116 Å². The monoisotopic (exact) mass is 273 g/mol. The maximum atomic E-state index is 10.7. The zero-order valence-corrected chi connectivity index (χ0v) is 11.4. The molecule has 0 aliphatic rings. The summed E-state index contributed by atoms with van der Waals surface area (Å²) < 4.78 is 5.31. The third-order valence-corrected chi connectivity index (χ3v) is 3.34. The number of hydrogen-bond acceptors (Lipinski definition) is 3. The van der Waals surface area contributed by atoms with Crippen molar-refractivity contribution in [1.82, 2.24) is 0 Å². The minimum Gasteiger partial charge on any atom is -0.484 e. The summed E-state index contributed by atoms with van der Waals surface area (Å²) in [4.78, 5) is 11.9. The molecule has 19 heavy (non-hydrogen) atoms. The van der Waals surface area contributed by atoms with E-state index in [9.17, 15) is 4.79 Å². The smallest absolute Gasteiger partial charge is 0.255 e. The SMILES string of the molecule is CSc1cccc(-c2cccc(OCC(N)=O)c2)c1. The third-order valence-electron chi connectivity index (χ3n) is 2.62. The molecule has 0 atom stereocenters. The molecule has 4 heteroatoms. The van der Waals surface area contributed by atoms with E-state index >= 15 is 0 Å². The molecule has 0 aliphatic carbocycles. The van der Waals surface area contributed by atoms with Gasteiger partial charge in [-0.25, -0.2) is 0 Å². The van der Waals surface area contributed by atoms with Gasteiger partial charge in [-0.15, -0.1) is 11.8 Å². The molecule has 0 aliphatic heterocycles. The van der Waals surface area contributed by atoms with Crippen molar-refractivity contribution in [3.05, 3.63) is 48.5 Å². The van der Waals surface area contributed by atoms with E-state index in [2.05, 4.69) is 12.1 Å². The molecular formula is C15H15NO2S. The van der Waals surface area contributed by atoms with E-state index in [0.29, 0.717) is 5.75 Å². The second-order valence-corrected chi connectivity index (χ2v) is 4.89. The molecule has 1 amide bonds. The van der Waals surface area contributed by atoms with Crippen molar-refractivity contribution in [1.29, 1.82) is 0 Å². The van der Waals surface area contributed by atoms with Crippen LogP contribution in [0.1, 0.15) is 0 Å². The number of carbonyl (C=O) groups excluding carboxylic acids is 1. The molecule has 0 bridgehead atoms. The van der Waals surface area contributed by atoms with E-state index in [1.54, 1.807) is 11.8 Å². The topological polar surface area (TPSA) is 52.3 Å². The first-order valence-electron chi connectivity index (χ1n) is 5.84. The highest BCUT2D eigenvalue weighted by molar-refractivity contribution is 7.98. The molecule has 0 saturated carbocycles. The van der Waals surface area contributed by atoms with Gasteiger partial charge in [-0.3, -0.25) is 4.79 Å². The van der Waals surface area contributed by atoms with Crippen molar-refractivity contribution in [2.24, 2.45) is 5.73 Å². The summed E-state index contributed by atoms with van der Waals surface area (Å²) in [6.45, 7) is -0.103. The minimum absolute atomic E-state index is 0.103. The molecule has 2 aromatic carbocycles. The first-order valence-corrected chi connectivity index (χ1v) is 7.07. The zero-order chi connectivity index (χ0) is 13.7. The van der Waals surface area contributed by atoms with Crippen LogP contribution in [0.4, 0.5) is 0 Å². The third kappa shape index (κ3) is 3.76. The second kappa shape index (κ2) is 6.29. The number of thioether (sulfide) groups is 1. The summed E-state index contributed by atoms with van der Waals surface area (Å²) in [5.74, 6) is 0.167. The molecule has 0 aromatic heterocycles. The maximum Gasteiger partial charge on any atom is 0.255 e. The van der Waals surface area contributed by atoms with Crippen molar-refractivity contribution < 1.29 is 9.53 Å². The van der Waals surface area contributed by atoms with Gasteiger partial charge in [0.15, 0.2) is 6.61 Å². The Morgan fingerprint density at radius 1 is 1.16 bits per heavy atom. The summed E-state index contributed by atoms with van der Waals surface area (Å²) in [5, 5.41) is 0. The maximum absolute atomic E-state index is 10.7. The zero-order valence-electron chi connectivity index (χ0n) is 10.6. The number of benzene rings is 2. The quantitative estimate of drug-likeness (QED) is 0.852. The molecule has 2 aromatic rings. The van der Waals surface area contributed by atoms with Gasteiger partial charge in [0.1, 0.15) is 5.75 Å². The molecule has 0 unspecified atom stereocenters. The molecule has 98 valence electrons. The van der Waals surface area contributed by atoms with Crippen molar-refractivity contribution >= 4 is 17.7 Å². The molecule has 0 radical (unpaired) electrons. The minimum atomic E-state index is -0.477. The van der Waals surface area contributed by atoms with Crippen LogP contribution in [0.15, 0.2) is 53.4 Å². The average molecular weight is 273 g/mol. The molecule has 2 N–H and O–H groups in total. The van der Waals surface area contributed by atoms with Crippen LogP contribution in [-0.4, -0.2) is 18.8 Å².